The van der Waals surface area contributed by atoms with Crippen molar-refractivity contribution in [1.82, 2.24) is 10.6 Å². The fourth-order valence-electron chi connectivity index (χ4n) is 3.08. The molecule has 0 aromatic carbocycles. The van der Waals surface area contributed by atoms with E-state index in [1.807, 2.05) is 7.05 Å². The Balaban J connectivity index is 1.53. The van der Waals surface area contributed by atoms with Gasteiger partial charge in [-0.2, -0.15) is 11.8 Å². The standard InChI is InChI=1S/C16H31N3O2S/c1-3-22-15-7-6-13(11-15)19-16(17-2)18-8-10-20-12-14-5-4-9-21-14/h13-15H,3-12H2,1-2H3,(H2,17,18,19). The summed E-state index contributed by atoms with van der Waals surface area (Å²) in [5, 5.41) is 7.68. The number of aliphatic imine (C=N–C) groups is 1. The number of hydrogen-bond acceptors (Lipinski definition) is 4. The summed E-state index contributed by atoms with van der Waals surface area (Å²) in [6.07, 6.45) is 6.42. The van der Waals surface area contributed by atoms with Gasteiger partial charge in [-0.25, -0.2) is 0 Å². The van der Waals surface area contributed by atoms with Crippen molar-refractivity contribution in [2.75, 3.05) is 39.2 Å². The molecule has 0 amide bonds. The van der Waals surface area contributed by atoms with Crippen molar-refractivity contribution < 1.29 is 9.47 Å². The molecule has 2 aliphatic rings. The lowest BCUT2D eigenvalue weighted by molar-refractivity contribution is 0.0191. The first-order valence-corrected chi connectivity index (χ1v) is 9.64. The van der Waals surface area contributed by atoms with Crippen LogP contribution in [0.2, 0.25) is 0 Å². The number of rotatable bonds is 8. The van der Waals surface area contributed by atoms with Crippen LogP contribution in [0.25, 0.3) is 0 Å². The first-order chi connectivity index (χ1) is 10.8. The van der Waals surface area contributed by atoms with E-state index in [1.165, 1.54) is 31.4 Å². The number of ether oxygens (including phenoxy) is 2. The van der Waals surface area contributed by atoms with E-state index in [1.54, 1.807) is 0 Å². The summed E-state index contributed by atoms with van der Waals surface area (Å²) in [4.78, 5) is 4.31. The largest absolute Gasteiger partial charge is 0.377 e. The molecule has 6 heteroatoms. The maximum atomic E-state index is 5.66. The summed E-state index contributed by atoms with van der Waals surface area (Å²) in [5.74, 6) is 2.11. The fraction of sp³-hybridized carbons (Fsp3) is 0.938. The molecule has 5 nitrogen and oxygen atoms in total. The molecule has 128 valence electrons. The van der Waals surface area contributed by atoms with Crippen molar-refractivity contribution in [3.8, 4) is 0 Å². The number of hydrogen-bond donors (Lipinski definition) is 2. The van der Waals surface area contributed by atoms with Gasteiger partial charge in [-0.3, -0.25) is 4.99 Å². The second kappa shape index (κ2) is 10.3. The van der Waals surface area contributed by atoms with Crippen molar-refractivity contribution in [2.24, 2.45) is 4.99 Å². The van der Waals surface area contributed by atoms with Crippen LogP contribution in [-0.4, -0.2) is 62.5 Å². The minimum absolute atomic E-state index is 0.309. The molecule has 1 aliphatic carbocycles. The summed E-state index contributed by atoms with van der Waals surface area (Å²) in [7, 11) is 1.83. The third-order valence-electron chi connectivity index (χ3n) is 4.22. The van der Waals surface area contributed by atoms with Crippen LogP contribution in [0.1, 0.15) is 39.0 Å². The molecule has 1 aliphatic heterocycles. The molecule has 0 radical (unpaired) electrons. The van der Waals surface area contributed by atoms with E-state index in [0.29, 0.717) is 25.4 Å². The predicted octanol–water partition coefficient (Wildman–Crippen LogP) is 2.02. The number of nitrogens with one attached hydrogen (secondary N) is 2. The van der Waals surface area contributed by atoms with Crippen LogP contribution in [0.5, 0.6) is 0 Å². The Morgan fingerprint density at radius 1 is 1.36 bits per heavy atom. The topological polar surface area (TPSA) is 54.9 Å². The molecule has 0 bridgehead atoms. The summed E-state index contributed by atoms with van der Waals surface area (Å²) in [6, 6.07) is 0.558. The van der Waals surface area contributed by atoms with Gasteiger partial charge in [0.25, 0.3) is 0 Å². The molecule has 0 aromatic rings. The van der Waals surface area contributed by atoms with Gasteiger partial charge in [0.1, 0.15) is 0 Å². The molecular weight excluding hydrogens is 298 g/mol. The van der Waals surface area contributed by atoms with Gasteiger partial charge in [0.2, 0.25) is 0 Å². The van der Waals surface area contributed by atoms with Gasteiger partial charge >= 0.3 is 0 Å². The zero-order valence-electron chi connectivity index (χ0n) is 14.0. The van der Waals surface area contributed by atoms with Gasteiger partial charge in [0.05, 0.1) is 19.3 Å². The Hall–Kier alpha value is -0.460. The monoisotopic (exact) mass is 329 g/mol. The zero-order chi connectivity index (χ0) is 15.6. The van der Waals surface area contributed by atoms with E-state index in [4.69, 9.17) is 9.47 Å². The Labute approximate surface area is 139 Å². The van der Waals surface area contributed by atoms with Crippen LogP contribution in [0.15, 0.2) is 4.99 Å². The SMILES string of the molecule is CCSC1CCC(NC(=NC)NCCOCC2CCCO2)C1. The van der Waals surface area contributed by atoms with Crippen LogP contribution < -0.4 is 10.6 Å². The van der Waals surface area contributed by atoms with E-state index in [9.17, 15) is 0 Å². The molecular formula is C16H31N3O2S. The van der Waals surface area contributed by atoms with Crippen LogP contribution in [0.4, 0.5) is 0 Å². The second-order valence-corrected chi connectivity index (χ2v) is 7.52. The molecule has 2 fully saturated rings. The molecule has 3 unspecified atom stereocenters. The van der Waals surface area contributed by atoms with Crippen LogP contribution in [0.3, 0.4) is 0 Å². The molecule has 0 spiro atoms. The van der Waals surface area contributed by atoms with Crippen LogP contribution >= 0.6 is 11.8 Å². The normalized spacial score (nSPS) is 29.0. The van der Waals surface area contributed by atoms with Crippen molar-refractivity contribution in [1.29, 1.82) is 0 Å². The molecule has 0 aromatic heterocycles. The lowest BCUT2D eigenvalue weighted by Gasteiger charge is -2.17. The lowest BCUT2D eigenvalue weighted by atomic mass is 10.2. The van der Waals surface area contributed by atoms with E-state index >= 15 is 0 Å². The average Bonchev–Trinajstić information content (AvgIpc) is 3.18. The van der Waals surface area contributed by atoms with Gasteiger partial charge in [-0.05, 0) is 37.9 Å². The molecule has 1 saturated heterocycles. The van der Waals surface area contributed by atoms with E-state index in [2.05, 4.69) is 34.3 Å². The zero-order valence-corrected chi connectivity index (χ0v) is 14.8. The highest BCUT2D eigenvalue weighted by Gasteiger charge is 2.25. The van der Waals surface area contributed by atoms with Gasteiger partial charge in [-0.1, -0.05) is 6.92 Å². The third-order valence-corrected chi connectivity index (χ3v) is 5.45. The first kappa shape index (κ1) is 17.9. The van der Waals surface area contributed by atoms with Gasteiger partial charge in [0.15, 0.2) is 5.96 Å². The van der Waals surface area contributed by atoms with Gasteiger partial charge in [-0.15, -0.1) is 0 Å². The predicted molar refractivity (Wildman–Crippen MR) is 93.8 cm³/mol. The van der Waals surface area contributed by atoms with Crippen LogP contribution in [0, 0.1) is 0 Å². The van der Waals surface area contributed by atoms with Gasteiger partial charge < -0.3 is 20.1 Å². The summed E-state index contributed by atoms with van der Waals surface area (Å²) >= 11 is 2.08. The highest BCUT2D eigenvalue weighted by atomic mass is 32.2. The van der Waals surface area contributed by atoms with E-state index in [0.717, 1.165) is 30.8 Å². The minimum atomic E-state index is 0.309. The minimum Gasteiger partial charge on any atom is -0.377 e. The molecule has 1 heterocycles. The second-order valence-electron chi connectivity index (χ2n) is 5.94. The smallest absolute Gasteiger partial charge is 0.191 e. The third kappa shape index (κ3) is 6.34. The maximum Gasteiger partial charge on any atom is 0.191 e. The Bertz CT molecular complexity index is 335. The van der Waals surface area contributed by atoms with Gasteiger partial charge in [0, 0.05) is 31.5 Å². The maximum absolute atomic E-state index is 5.66. The summed E-state index contributed by atoms with van der Waals surface area (Å²) in [5.41, 5.74) is 0. The number of nitrogens with zero attached hydrogens (tertiary/aromatic N) is 1. The molecule has 1 saturated carbocycles. The van der Waals surface area contributed by atoms with Crippen LogP contribution in [-0.2, 0) is 9.47 Å². The van der Waals surface area contributed by atoms with Crippen molar-refractivity contribution in [2.45, 2.75) is 56.4 Å². The number of guanidine groups is 1. The van der Waals surface area contributed by atoms with Crippen molar-refractivity contribution in [3.05, 3.63) is 0 Å². The molecule has 22 heavy (non-hydrogen) atoms. The highest BCUT2D eigenvalue weighted by Crippen LogP contribution is 2.29. The van der Waals surface area contributed by atoms with Crippen molar-refractivity contribution in [3.63, 3.8) is 0 Å². The molecule has 3 atom stereocenters. The first-order valence-electron chi connectivity index (χ1n) is 8.60. The average molecular weight is 330 g/mol. The molecule has 2 rings (SSSR count). The number of thioether (sulfide) groups is 1. The molecule has 2 N–H and O–H groups in total. The summed E-state index contributed by atoms with van der Waals surface area (Å²) in [6.45, 7) is 5.32. The lowest BCUT2D eigenvalue weighted by Crippen LogP contribution is -2.43. The Kier molecular flexibility index (Phi) is 8.41. The van der Waals surface area contributed by atoms with E-state index < -0.39 is 0 Å². The summed E-state index contributed by atoms with van der Waals surface area (Å²) < 4.78 is 11.2. The van der Waals surface area contributed by atoms with E-state index in [-0.39, 0.29) is 0 Å². The fourth-order valence-corrected chi connectivity index (χ4v) is 4.22. The van der Waals surface area contributed by atoms with Crippen molar-refractivity contribution >= 4 is 17.7 Å². The highest BCUT2D eigenvalue weighted by molar-refractivity contribution is 7.99. The quantitative estimate of drug-likeness (QED) is 0.405. The Morgan fingerprint density at radius 2 is 2.27 bits per heavy atom. The Morgan fingerprint density at radius 3 is 3.00 bits per heavy atom.